The van der Waals surface area contributed by atoms with Gasteiger partial charge in [-0.05, 0) is 31.3 Å². The van der Waals surface area contributed by atoms with Crippen molar-refractivity contribution in [2.45, 2.75) is 26.2 Å². The molecule has 0 spiro atoms. The van der Waals surface area contributed by atoms with Gasteiger partial charge in [-0.3, -0.25) is 10.2 Å². The molecule has 1 saturated heterocycles. The summed E-state index contributed by atoms with van der Waals surface area (Å²) in [7, 11) is 2.16. The minimum absolute atomic E-state index is 0.0227. The number of amides is 2. The Balaban J connectivity index is 1.22. The van der Waals surface area contributed by atoms with E-state index in [0.717, 1.165) is 44.0 Å². The molecule has 4 N–H and O–H groups in total. The molecule has 1 aromatic heterocycles. The van der Waals surface area contributed by atoms with Crippen molar-refractivity contribution in [2.75, 3.05) is 51.7 Å². The Labute approximate surface area is 234 Å². The van der Waals surface area contributed by atoms with Crippen LogP contribution in [0.5, 0.6) is 5.75 Å². The monoisotopic (exact) mass is 544 g/mol. The third-order valence-corrected chi connectivity index (χ3v) is 6.20. The molecule has 40 heavy (non-hydrogen) atoms. The van der Waals surface area contributed by atoms with Gasteiger partial charge in [0.05, 0.1) is 5.57 Å². The van der Waals surface area contributed by atoms with Crippen LogP contribution in [-0.4, -0.2) is 79.4 Å². The van der Waals surface area contributed by atoms with Crippen LogP contribution in [-0.2, 0) is 5.41 Å². The lowest BCUT2D eigenvalue weighted by atomic mass is 9.93. The predicted molar refractivity (Wildman–Crippen MR) is 156 cm³/mol. The Morgan fingerprint density at radius 3 is 2.62 bits per heavy atom. The Kier molecular flexibility index (Phi) is 9.37. The van der Waals surface area contributed by atoms with Gasteiger partial charge in [-0.1, -0.05) is 37.8 Å². The highest BCUT2D eigenvalue weighted by atomic mass is 16.5. The van der Waals surface area contributed by atoms with E-state index in [2.05, 4.69) is 54.5 Å². The highest BCUT2D eigenvalue weighted by molar-refractivity contribution is 6.03. The van der Waals surface area contributed by atoms with Crippen molar-refractivity contribution in [3.63, 3.8) is 0 Å². The second kappa shape index (κ2) is 13.1. The van der Waals surface area contributed by atoms with Gasteiger partial charge in [-0.15, -0.1) is 0 Å². The highest BCUT2D eigenvalue weighted by Crippen LogP contribution is 2.24. The van der Waals surface area contributed by atoms with Crippen LogP contribution in [0.3, 0.4) is 0 Å². The van der Waals surface area contributed by atoms with Crippen LogP contribution in [0.25, 0.3) is 0 Å². The topological polar surface area (TPSA) is 134 Å². The number of amidine groups is 1. The number of rotatable bonds is 6. The number of hydrogen-bond acceptors (Lipinski definition) is 8. The van der Waals surface area contributed by atoms with Gasteiger partial charge in [0, 0.05) is 68.3 Å². The molecular weight excluding hydrogens is 508 g/mol. The number of anilines is 1. The van der Waals surface area contributed by atoms with E-state index in [4.69, 9.17) is 15.0 Å². The summed E-state index contributed by atoms with van der Waals surface area (Å²) in [5, 5.41) is 9.35. The molecule has 2 aliphatic rings. The lowest BCUT2D eigenvalue weighted by molar-refractivity contribution is 0.134. The van der Waals surface area contributed by atoms with Crippen molar-refractivity contribution in [1.29, 1.82) is 0 Å². The number of nitrogens with one attached hydrogen (secondary N) is 2. The fraction of sp³-hybridized carbons (Fsp3) is 0.379. The first-order chi connectivity index (χ1) is 19.1. The molecule has 2 aromatic rings. The fourth-order valence-electron chi connectivity index (χ4n) is 3.77. The largest absolute Gasteiger partial charge is 0.492 e. The van der Waals surface area contributed by atoms with Crippen molar-refractivity contribution < 1.29 is 14.1 Å². The summed E-state index contributed by atoms with van der Waals surface area (Å²) in [5.41, 5.74) is 7.21. The van der Waals surface area contributed by atoms with Crippen LogP contribution in [0.4, 0.5) is 10.6 Å². The van der Waals surface area contributed by atoms with E-state index in [0.29, 0.717) is 23.8 Å². The number of nitrogens with zero attached hydrogens (tertiary/aromatic N) is 5. The first kappa shape index (κ1) is 28.6. The van der Waals surface area contributed by atoms with Gasteiger partial charge >= 0.3 is 6.03 Å². The SMILES string of the molecule is CN1CCN(CCOc2ccc(C#CC3=CN/C(=C\C(N)=N/C(=O)Nc4cc(C(C)(C)C)on4)N=C3)cc2)CC1. The second-order valence-corrected chi connectivity index (χ2v) is 10.6. The standard InChI is InChI=1S/C29H36N8O3/c1-29(2,3)24-17-27(35-40-24)34-28(38)33-25(30)18-26-31-19-22(20-32-26)6-5-21-7-9-23(10-8-21)39-16-15-37-13-11-36(4)12-14-37/h7-10,17-20,31H,11-16H2,1-4H3,(H3,30,33,34,35,38)/b26-18+. The number of aromatic nitrogens is 1. The van der Waals surface area contributed by atoms with Crippen molar-refractivity contribution in [2.24, 2.45) is 15.7 Å². The number of piperazine rings is 1. The zero-order valence-electron chi connectivity index (χ0n) is 23.4. The molecule has 11 nitrogen and oxygen atoms in total. The van der Waals surface area contributed by atoms with Crippen molar-refractivity contribution >= 4 is 23.9 Å². The Morgan fingerprint density at radius 2 is 1.98 bits per heavy atom. The summed E-state index contributed by atoms with van der Waals surface area (Å²) in [6.07, 6.45) is 4.77. The van der Waals surface area contributed by atoms with Crippen LogP contribution in [0.2, 0.25) is 0 Å². The van der Waals surface area contributed by atoms with Crippen molar-refractivity contribution in [3.05, 3.63) is 65.3 Å². The summed E-state index contributed by atoms with van der Waals surface area (Å²) >= 11 is 0. The summed E-state index contributed by atoms with van der Waals surface area (Å²) in [4.78, 5) is 25.0. The zero-order chi connectivity index (χ0) is 28.5. The van der Waals surface area contributed by atoms with Crippen LogP contribution >= 0.6 is 0 Å². The molecule has 2 amide bonds. The highest BCUT2D eigenvalue weighted by Gasteiger charge is 2.20. The molecule has 3 heterocycles. The number of nitrogens with two attached hydrogens (primary N) is 1. The maximum Gasteiger partial charge on any atom is 0.348 e. The van der Waals surface area contributed by atoms with E-state index in [1.807, 2.05) is 45.0 Å². The van der Waals surface area contributed by atoms with Crippen LogP contribution in [0, 0.1) is 11.8 Å². The summed E-state index contributed by atoms with van der Waals surface area (Å²) in [6, 6.07) is 8.71. The van der Waals surface area contributed by atoms with E-state index in [-0.39, 0.29) is 17.1 Å². The van der Waals surface area contributed by atoms with E-state index >= 15 is 0 Å². The van der Waals surface area contributed by atoms with Gasteiger partial charge in [-0.2, -0.15) is 4.99 Å². The summed E-state index contributed by atoms with van der Waals surface area (Å²) in [5.74, 6) is 8.33. The Bertz CT molecular complexity index is 1360. The molecule has 11 heteroatoms. The number of allylic oxidation sites excluding steroid dienone is 1. The molecule has 210 valence electrons. The molecule has 0 saturated carbocycles. The molecule has 0 atom stereocenters. The normalized spacial score (nSPS) is 17.6. The number of benzene rings is 1. The van der Waals surface area contributed by atoms with E-state index in [9.17, 15) is 4.79 Å². The molecule has 0 bridgehead atoms. The molecule has 1 fully saturated rings. The maximum absolute atomic E-state index is 12.2. The predicted octanol–water partition coefficient (Wildman–Crippen LogP) is 2.94. The number of hydrogen-bond donors (Lipinski definition) is 3. The van der Waals surface area contributed by atoms with E-state index < -0.39 is 6.03 Å². The smallest absolute Gasteiger partial charge is 0.348 e. The van der Waals surface area contributed by atoms with Crippen LogP contribution in [0.1, 0.15) is 32.1 Å². The molecular formula is C29H36N8O3. The quantitative estimate of drug-likeness (QED) is 0.287. The van der Waals surface area contributed by atoms with Crippen molar-refractivity contribution in [3.8, 4) is 17.6 Å². The van der Waals surface area contributed by atoms with Gasteiger partial charge < -0.3 is 25.2 Å². The fourth-order valence-corrected chi connectivity index (χ4v) is 3.77. The zero-order valence-corrected chi connectivity index (χ0v) is 23.4. The van der Waals surface area contributed by atoms with E-state index in [1.54, 1.807) is 18.5 Å². The van der Waals surface area contributed by atoms with Gasteiger partial charge in [0.1, 0.15) is 29.8 Å². The molecule has 0 radical (unpaired) electrons. The lowest BCUT2D eigenvalue weighted by Crippen LogP contribution is -2.45. The minimum Gasteiger partial charge on any atom is -0.492 e. The molecule has 0 unspecified atom stereocenters. The third kappa shape index (κ3) is 8.83. The van der Waals surface area contributed by atoms with Gasteiger partial charge in [-0.25, -0.2) is 9.79 Å². The average Bonchev–Trinajstić information content (AvgIpc) is 3.39. The van der Waals surface area contributed by atoms with Crippen LogP contribution < -0.4 is 21.1 Å². The summed E-state index contributed by atoms with van der Waals surface area (Å²) < 4.78 is 11.1. The third-order valence-electron chi connectivity index (χ3n) is 6.20. The molecule has 2 aliphatic heterocycles. The van der Waals surface area contributed by atoms with Crippen LogP contribution in [0.15, 0.2) is 68.5 Å². The average molecular weight is 545 g/mol. The number of ether oxygens (including phenoxy) is 1. The number of carbonyl (C=O) groups excluding carboxylic acids is 1. The lowest BCUT2D eigenvalue weighted by Gasteiger charge is -2.32. The van der Waals surface area contributed by atoms with Crippen molar-refractivity contribution in [1.82, 2.24) is 20.3 Å². The molecule has 1 aromatic carbocycles. The maximum atomic E-state index is 12.2. The minimum atomic E-state index is -0.670. The molecule has 0 aliphatic carbocycles. The Morgan fingerprint density at radius 1 is 1.23 bits per heavy atom. The van der Waals surface area contributed by atoms with Gasteiger partial charge in [0.2, 0.25) is 0 Å². The number of carbonyl (C=O) groups is 1. The van der Waals surface area contributed by atoms with Gasteiger partial charge in [0.25, 0.3) is 0 Å². The first-order valence-corrected chi connectivity index (χ1v) is 13.1. The number of likely N-dealkylation sites (N-methyl/N-ethyl adjacent to an activating group) is 1. The number of aliphatic imine (C=N–C) groups is 2. The molecule has 4 rings (SSSR count). The van der Waals surface area contributed by atoms with Gasteiger partial charge in [0.15, 0.2) is 5.82 Å². The summed E-state index contributed by atoms with van der Waals surface area (Å²) in [6.45, 7) is 11.9. The second-order valence-electron chi connectivity index (χ2n) is 10.6. The van der Waals surface area contributed by atoms with E-state index in [1.165, 1.54) is 6.08 Å². The number of urea groups is 1. The first-order valence-electron chi connectivity index (χ1n) is 13.1. The Hall–Kier alpha value is -4.40.